The van der Waals surface area contributed by atoms with Crippen LogP contribution in [0.15, 0.2) is 42.7 Å². The minimum absolute atomic E-state index is 0.0387. The van der Waals surface area contributed by atoms with Crippen LogP contribution in [-0.2, 0) is 4.79 Å². The van der Waals surface area contributed by atoms with Crippen molar-refractivity contribution < 1.29 is 13.6 Å². The van der Waals surface area contributed by atoms with Crippen LogP contribution >= 0.6 is 0 Å². The molecule has 1 aromatic carbocycles. The summed E-state index contributed by atoms with van der Waals surface area (Å²) in [7, 11) is 0. The van der Waals surface area contributed by atoms with Gasteiger partial charge in [0.1, 0.15) is 17.5 Å². The van der Waals surface area contributed by atoms with E-state index >= 15 is 0 Å². The molecule has 7 nitrogen and oxygen atoms in total. The van der Waals surface area contributed by atoms with Crippen LogP contribution < -0.4 is 10.2 Å². The molecule has 0 aliphatic carbocycles. The van der Waals surface area contributed by atoms with E-state index in [-0.39, 0.29) is 11.9 Å². The highest BCUT2D eigenvalue weighted by Gasteiger charge is 2.30. The number of benzene rings is 1. The summed E-state index contributed by atoms with van der Waals surface area (Å²) in [5.74, 6) is -0.228. The topological polar surface area (TPSA) is 65.8 Å². The molecule has 4 heterocycles. The molecule has 3 aromatic rings. The monoisotopic (exact) mass is 438 g/mol. The van der Waals surface area contributed by atoms with Crippen LogP contribution in [-0.4, -0.2) is 58.1 Å². The lowest BCUT2D eigenvalue weighted by Crippen LogP contribution is -2.45. The van der Waals surface area contributed by atoms with E-state index < -0.39 is 11.6 Å². The number of aromatic nitrogens is 3. The Bertz CT molecular complexity index is 1170. The number of nitrogens with zero attached hydrogens (tertiary/aromatic N) is 5. The summed E-state index contributed by atoms with van der Waals surface area (Å²) in [5, 5.41) is 7.55. The van der Waals surface area contributed by atoms with Crippen molar-refractivity contribution in [2.24, 2.45) is 0 Å². The van der Waals surface area contributed by atoms with Gasteiger partial charge >= 0.3 is 0 Å². The second kappa shape index (κ2) is 8.66. The van der Waals surface area contributed by atoms with Crippen molar-refractivity contribution in [2.45, 2.75) is 18.9 Å². The van der Waals surface area contributed by atoms with Gasteiger partial charge in [-0.2, -0.15) is 5.10 Å². The summed E-state index contributed by atoms with van der Waals surface area (Å²) < 4.78 is 29.9. The Balaban J connectivity index is 1.42. The largest absolute Gasteiger partial charge is 0.349 e. The fourth-order valence-electron chi connectivity index (χ4n) is 4.44. The average molecular weight is 438 g/mol. The number of halogens is 2. The first-order valence-electron chi connectivity index (χ1n) is 10.8. The second-order valence-electron chi connectivity index (χ2n) is 8.08. The van der Waals surface area contributed by atoms with Gasteiger partial charge in [0.25, 0.3) is 0 Å². The van der Waals surface area contributed by atoms with Gasteiger partial charge < -0.3 is 15.1 Å². The van der Waals surface area contributed by atoms with Crippen LogP contribution in [0.4, 0.5) is 14.6 Å². The van der Waals surface area contributed by atoms with Gasteiger partial charge in [0.2, 0.25) is 5.91 Å². The van der Waals surface area contributed by atoms with Crippen molar-refractivity contribution in [3.8, 4) is 0 Å². The first-order chi connectivity index (χ1) is 15.6. The zero-order chi connectivity index (χ0) is 22.1. The molecule has 0 bridgehead atoms. The Kier molecular flexibility index (Phi) is 5.57. The first kappa shape index (κ1) is 20.6. The van der Waals surface area contributed by atoms with Crippen LogP contribution in [0.3, 0.4) is 0 Å². The number of hydrogen-bond donors (Lipinski definition) is 1. The summed E-state index contributed by atoms with van der Waals surface area (Å²) >= 11 is 0. The lowest BCUT2D eigenvalue weighted by molar-refractivity contribution is -0.126. The summed E-state index contributed by atoms with van der Waals surface area (Å²) in [6.45, 7) is 3.67. The summed E-state index contributed by atoms with van der Waals surface area (Å²) in [6, 6.07) is 5.12. The third kappa shape index (κ3) is 3.95. The molecule has 0 radical (unpaired) electrons. The van der Waals surface area contributed by atoms with E-state index in [9.17, 15) is 13.6 Å². The molecule has 1 N–H and O–H groups in total. The van der Waals surface area contributed by atoms with Gasteiger partial charge in [-0.25, -0.2) is 18.3 Å². The zero-order valence-corrected chi connectivity index (χ0v) is 17.5. The number of hydrogen-bond acceptors (Lipinski definition) is 5. The Morgan fingerprint density at radius 1 is 1.16 bits per heavy atom. The number of nitrogens with one attached hydrogen (secondary N) is 1. The molecule has 166 valence electrons. The van der Waals surface area contributed by atoms with Gasteiger partial charge in [0.05, 0.1) is 12.2 Å². The molecule has 2 fully saturated rings. The van der Waals surface area contributed by atoms with Crippen molar-refractivity contribution in [1.82, 2.24) is 24.8 Å². The fraction of sp³-hybridized carbons (Fsp3) is 0.348. The van der Waals surface area contributed by atoms with E-state index in [1.54, 1.807) is 34.0 Å². The smallest absolute Gasteiger partial charge is 0.246 e. The SMILES string of the molecule is O=C(C=Cc1cnn2ccc(N3CCC[C@@H]3c3cc(F)ccc3F)nc12)N1CCNCC1. The molecule has 0 spiro atoms. The predicted molar refractivity (Wildman–Crippen MR) is 117 cm³/mol. The Morgan fingerprint density at radius 3 is 2.84 bits per heavy atom. The highest BCUT2D eigenvalue weighted by atomic mass is 19.1. The second-order valence-corrected chi connectivity index (χ2v) is 8.08. The van der Waals surface area contributed by atoms with Crippen molar-refractivity contribution in [3.63, 3.8) is 0 Å². The van der Waals surface area contributed by atoms with E-state index in [2.05, 4.69) is 10.4 Å². The van der Waals surface area contributed by atoms with Crippen LogP contribution in [0.1, 0.15) is 30.0 Å². The van der Waals surface area contributed by atoms with E-state index in [0.717, 1.165) is 37.6 Å². The third-order valence-corrected chi connectivity index (χ3v) is 6.08. The maximum Gasteiger partial charge on any atom is 0.246 e. The van der Waals surface area contributed by atoms with E-state index in [1.807, 2.05) is 11.0 Å². The molecule has 2 saturated heterocycles. The molecule has 0 saturated carbocycles. The molecular weight excluding hydrogens is 414 g/mol. The van der Waals surface area contributed by atoms with Crippen molar-refractivity contribution >= 4 is 23.4 Å². The van der Waals surface area contributed by atoms with Crippen molar-refractivity contribution in [3.05, 3.63) is 65.5 Å². The quantitative estimate of drug-likeness (QED) is 0.635. The molecule has 2 aliphatic rings. The van der Waals surface area contributed by atoms with Gasteiger partial charge in [-0.05, 0) is 43.2 Å². The minimum atomic E-state index is -0.450. The lowest BCUT2D eigenvalue weighted by atomic mass is 10.0. The molecule has 1 amide bonds. The van der Waals surface area contributed by atoms with Crippen molar-refractivity contribution in [2.75, 3.05) is 37.6 Å². The molecule has 0 unspecified atom stereocenters. The van der Waals surface area contributed by atoms with Gasteiger partial charge in [0, 0.05) is 56.1 Å². The summed E-state index contributed by atoms with van der Waals surface area (Å²) in [4.78, 5) is 21.0. The van der Waals surface area contributed by atoms with Gasteiger partial charge in [0.15, 0.2) is 5.65 Å². The fourth-order valence-corrected chi connectivity index (χ4v) is 4.44. The molecule has 9 heteroatoms. The molecule has 2 aromatic heterocycles. The normalized spacial score (nSPS) is 19.4. The molecule has 5 rings (SSSR count). The number of fused-ring (bicyclic) bond motifs is 1. The highest BCUT2D eigenvalue weighted by molar-refractivity contribution is 5.92. The standard InChI is InChI=1S/C23H24F2N6O/c24-17-4-5-19(25)18(14-17)20-2-1-10-30(20)21-7-11-31-23(28-21)16(15-27-31)3-6-22(32)29-12-8-26-9-13-29/h3-7,11,14-15,20,26H,1-2,8-10,12-13H2/t20-/m1/s1. The van der Waals surface area contributed by atoms with Crippen LogP contribution in [0.25, 0.3) is 11.7 Å². The van der Waals surface area contributed by atoms with Crippen LogP contribution in [0, 0.1) is 11.6 Å². The third-order valence-electron chi connectivity index (χ3n) is 6.08. The average Bonchev–Trinajstić information content (AvgIpc) is 3.46. The predicted octanol–water partition coefficient (Wildman–Crippen LogP) is 2.79. The highest BCUT2D eigenvalue weighted by Crippen LogP contribution is 2.36. The molecular formula is C23H24F2N6O. The molecule has 1 atom stereocenters. The van der Waals surface area contributed by atoms with Gasteiger partial charge in [-0.15, -0.1) is 0 Å². The number of rotatable bonds is 4. The summed E-state index contributed by atoms with van der Waals surface area (Å²) in [5.41, 5.74) is 1.68. The zero-order valence-electron chi connectivity index (χ0n) is 17.5. The first-order valence-corrected chi connectivity index (χ1v) is 10.8. The maximum atomic E-state index is 14.4. The minimum Gasteiger partial charge on any atom is -0.349 e. The van der Waals surface area contributed by atoms with Crippen LogP contribution in [0.5, 0.6) is 0 Å². The number of amides is 1. The Hall–Kier alpha value is -3.33. The molecule has 32 heavy (non-hydrogen) atoms. The lowest BCUT2D eigenvalue weighted by Gasteiger charge is -2.26. The van der Waals surface area contributed by atoms with Crippen molar-refractivity contribution in [1.29, 1.82) is 0 Å². The Labute approximate surface area is 184 Å². The molecule has 2 aliphatic heterocycles. The summed E-state index contributed by atoms with van der Waals surface area (Å²) in [6.07, 6.45) is 8.33. The number of piperazine rings is 1. The van der Waals surface area contributed by atoms with E-state index in [1.165, 1.54) is 12.1 Å². The number of carbonyl (C=O) groups is 1. The van der Waals surface area contributed by atoms with Gasteiger partial charge in [-0.3, -0.25) is 4.79 Å². The number of anilines is 1. The maximum absolute atomic E-state index is 14.4. The number of carbonyl (C=O) groups excluding carboxylic acids is 1. The van der Waals surface area contributed by atoms with Gasteiger partial charge in [-0.1, -0.05) is 0 Å². The van der Waals surface area contributed by atoms with E-state index in [4.69, 9.17) is 4.98 Å². The Morgan fingerprint density at radius 2 is 2.00 bits per heavy atom. The van der Waals surface area contributed by atoms with E-state index in [0.29, 0.717) is 36.7 Å². The van der Waals surface area contributed by atoms with Crippen LogP contribution in [0.2, 0.25) is 0 Å².